The molecular formula is C30H29F2N3O6. The van der Waals surface area contributed by atoms with Crippen LogP contribution in [-0.2, 0) is 16.0 Å². The lowest BCUT2D eigenvalue weighted by atomic mass is 9.90. The number of nitrogens with two attached hydrogens (primary N) is 1. The first-order valence-electron chi connectivity index (χ1n) is 12.6. The van der Waals surface area contributed by atoms with Gasteiger partial charge >= 0.3 is 11.9 Å². The van der Waals surface area contributed by atoms with E-state index in [2.05, 4.69) is 0 Å². The van der Waals surface area contributed by atoms with Gasteiger partial charge in [0.05, 0.1) is 11.2 Å². The second-order valence-corrected chi connectivity index (χ2v) is 10.3. The van der Waals surface area contributed by atoms with Gasteiger partial charge in [-0.05, 0) is 72.9 Å². The van der Waals surface area contributed by atoms with E-state index >= 15 is 4.39 Å². The predicted molar refractivity (Wildman–Crippen MR) is 146 cm³/mol. The molecule has 1 atom stereocenters. The van der Waals surface area contributed by atoms with Gasteiger partial charge in [0, 0.05) is 36.7 Å². The van der Waals surface area contributed by atoms with Crippen molar-refractivity contribution in [2.24, 2.45) is 5.73 Å². The molecule has 11 heteroatoms. The summed E-state index contributed by atoms with van der Waals surface area (Å²) in [5.41, 5.74) is 7.55. The third kappa shape index (κ3) is 7.94. The molecule has 1 heterocycles. The Morgan fingerprint density at radius 2 is 1.63 bits per heavy atom. The molecular weight excluding hydrogens is 536 g/mol. The van der Waals surface area contributed by atoms with E-state index in [1.54, 1.807) is 61.2 Å². The summed E-state index contributed by atoms with van der Waals surface area (Å²) < 4.78 is 29.8. The highest BCUT2D eigenvalue weighted by Gasteiger charge is 2.26. The smallest absolute Gasteiger partial charge is 0.414 e. The van der Waals surface area contributed by atoms with Crippen LogP contribution in [0.25, 0.3) is 22.3 Å². The minimum absolute atomic E-state index is 0.0678. The lowest BCUT2D eigenvalue weighted by Crippen LogP contribution is -2.31. The van der Waals surface area contributed by atoms with Gasteiger partial charge in [0.2, 0.25) is 0 Å². The highest BCUT2D eigenvalue weighted by atomic mass is 19.1. The largest absolute Gasteiger partial charge is 0.473 e. The fourth-order valence-electron chi connectivity index (χ4n) is 4.47. The number of nitriles is 1. The van der Waals surface area contributed by atoms with Crippen molar-refractivity contribution < 1.29 is 38.5 Å². The number of nitrogens with zero attached hydrogens (tertiary/aromatic N) is 2. The Bertz CT molecular complexity index is 1520. The fourth-order valence-corrected chi connectivity index (χ4v) is 4.47. The normalized spacial score (nSPS) is 14.6. The van der Waals surface area contributed by atoms with Crippen molar-refractivity contribution in [1.82, 2.24) is 4.90 Å². The lowest BCUT2D eigenvalue weighted by molar-refractivity contribution is -0.159. The molecule has 1 aliphatic rings. The summed E-state index contributed by atoms with van der Waals surface area (Å²) in [6.07, 6.45) is 1.00. The van der Waals surface area contributed by atoms with Gasteiger partial charge in [-0.2, -0.15) is 5.26 Å². The average Bonchev–Trinajstić information content (AvgIpc) is 3.33. The molecule has 0 saturated carbocycles. The van der Waals surface area contributed by atoms with Crippen LogP contribution >= 0.6 is 0 Å². The number of carboxylic acid groups (broad SMARTS) is 2. The number of amides is 1. The van der Waals surface area contributed by atoms with E-state index in [0.29, 0.717) is 40.9 Å². The summed E-state index contributed by atoms with van der Waals surface area (Å²) in [6.45, 7) is 4.32. The first-order valence-corrected chi connectivity index (χ1v) is 12.6. The number of carbonyl (C=O) groups is 3. The monoisotopic (exact) mass is 565 g/mol. The number of halogens is 2. The lowest BCUT2D eigenvalue weighted by Gasteiger charge is -2.19. The Morgan fingerprint density at radius 3 is 2.15 bits per heavy atom. The predicted octanol–water partition coefficient (Wildman–Crippen LogP) is 3.81. The number of hydrogen-bond donors (Lipinski definition) is 4. The molecule has 1 saturated heterocycles. The number of carbonyl (C=O) groups excluding carboxylic acids is 1. The molecule has 9 nitrogen and oxygen atoms in total. The van der Waals surface area contributed by atoms with Gasteiger partial charge in [-0.15, -0.1) is 0 Å². The summed E-state index contributed by atoms with van der Waals surface area (Å²) in [6, 6.07) is 15.6. The van der Waals surface area contributed by atoms with Crippen molar-refractivity contribution >= 4 is 17.8 Å². The molecule has 41 heavy (non-hydrogen) atoms. The summed E-state index contributed by atoms with van der Waals surface area (Å²) in [4.78, 5) is 33.0. The zero-order valence-electron chi connectivity index (χ0n) is 22.4. The topological polar surface area (TPSA) is 165 Å². The third-order valence-electron chi connectivity index (χ3n) is 6.32. The van der Waals surface area contributed by atoms with Crippen LogP contribution in [0.2, 0.25) is 0 Å². The Kier molecular flexibility index (Phi) is 9.55. The van der Waals surface area contributed by atoms with Crippen LogP contribution in [0.1, 0.15) is 41.8 Å². The van der Waals surface area contributed by atoms with Crippen LogP contribution in [0.15, 0.2) is 54.6 Å². The quantitative estimate of drug-likeness (QED) is 0.339. The standard InChI is InChI=1S/C28H27F2N3O2.C2H2O4/c1-28(2,35)14-17-3-7-23(26(30)11-17)22-8-6-19(27(34)33-10-9-21(32)16-33)12-24(22)18-4-5-20(15-31)25(29)13-18;3-1(4)2(5)6/h3-8,11-13,21,35H,9-10,14,16,32H2,1-2H3;(H,3,4)(H,5,6)/t21-;/m0./s1. The fraction of sp³-hybridized carbons (Fsp3) is 0.267. The summed E-state index contributed by atoms with van der Waals surface area (Å²) >= 11 is 0. The van der Waals surface area contributed by atoms with Gasteiger partial charge in [0.15, 0.2) is 0 Å². The zero-order chi connectivity index (χ0) is 30.5. The van der Waals surface area contributed by atoms with E-state index in [-0.39, 0.29) is 29.5 Å². The molecule has 0 radical (unpaired) electrons. The van der Waals surface area contributed by atoms with Crippen molar-refractivity contribution in [1.29, 1.82) is 5.26 Å². The van der Waals surface area contributed by atoms with Crippen LogP contribution < -0.4 is 5.73 Å². The van der Waals surface area contributed by atoms with Crippen LogP contribution in [0.5, 0.6) is 0 Å². The molecule has 1 aliphatic heterocycles. The highest BCUT2D eigenvalue weighted by Crippen LogP contribution is 2.36. The number of aliphatic carboxylic acids is 2. The number of hydrogen-bond acceptors (Lipinski definition) is 6. The molecule has 1 fully saturated rings. The molecule has 4 rings (SSSR count). The molecule has 0 unspecified atom stereocenters. The van der Waals surface area contributed by atoms with Crippen LogP contribution in [0.4, 0.5) is 8.78 Å². The second-order valence-electron chi connectivity index (χ2n) is 10.3. The molecule has 3 aromatic rings. The maximum Gasteiger partial charge on any atom is 0.414 e. The van der Waals surface area contributed by atoms with Gasteiger partial charge < -0.3 is 26.0 Å². The first kappa shape index (κ1) is 30.9. The Hall–Kier alpha value is -4.66. The number of rotatable bonds is 5. The zero-order valence-corrected chi connectivity index (χ0v) is 22.4. The number of benzene rings is 3. The van der Waals surface area contributed by atoms with E-state index in [4.69, 9.17) is 30.8 Å². The minimum atomic E-state index is -1.82. The first-order chi connectivity index (χ1) is 19.2. The van der Waals surface area contributed by atoms with Gasteiger partial charge in [-0.3, -0.25) is 4.79 Å². The highest BCUT2D eigenvalue weighted by molar-refractivity contribution is 6.27. The van der Waals surface area contributed by atoms with Crippen molar-refractivity contribution in [3.8, 4) is 28.3 Å². The van der Waals surface area contributed by atoms with E-state index in [9.17, 15) is 14.3 Å². The van der Waals surface area contributed by atoms with Crippen LogP contribution in [-0.4, -0.2) is 62.8 Å². The summed E-state index contributed by atoms with van der Waals surface area (Å²) in [5.74, 6) is -5.03. The van der Waals surface area contributed by atoms with Gasteiger partial charge in [0.25, 0.3) is 5.91 Å². The molecule has 3 aromatic carbocycles. The minimum Gasteiger partial charge on any atom is -0.473 e. The van der Waals surface area contributed by atoms with Gasteiger partial charge in [-0.1, -0.05) is 24.3 Å². The van der Waals surface area contributed by atoms with Crippen molar-refractivity contribution in [3.63, 3.8) is 0 Å². The van der Waals surface area contributed by atoms with Crippen molar-refractivity contribution in [2.45, 2.75) is 38.3 Å². The molecule has 1 amide bonds. The van der Waals surface area contributed by atoms with E-state index < -0.39 is 29.2 Å². The van der Waals surface area contributed by atoms with E-state index in [0.717, 1.165) is 6.42 Å². The summed E-state index contributed by atoms with van der Waals surface area (Å²) in [7, 11) is 0. The van der Waals surface area contributed by atoms with Crippen LogP contribution in [0, 0.1) is 23.0 Å². The van der Waals surface area contributed by atoms with E-state index in [1.807, 2.05) is 0 Å². The van der Waals surface area contributed by atoms with E-state index in [1.165, 1.54) is 18.2 Å². The number of aliphatic hydroxyl groups is 1. The molecule has 214 valence electrons. The van der Waals surface area contributed by atoms with Gasteiger partial charge in [0.1, 0.15) is 17.7 Å². The Labute approximate surface area is 235 Å². The molecule has 5 N–H and O–H groups in total. The SMILES string of the molecule is CC(C)(O)Cc1ccc(-c2ccc(C(=O)N3CC[C@H](N)C3)cc2-c2ccc(C#N)c(F)c2)c(F)c1.O=C(O)C(=O)O. The Morgan fingerprint density at radius 1 is 0.976 bits per heavy atom. The number of likely N-dealkylation sites (tertiary alicyclic amines) is 1. The molecule has 0 bridgehead atoms. The van der Waals surface area contributed by atoms with Crippen LogP contribution in [0.3, 0.4) is 0 Å². The summed E-state index contributed by atoms with van der Waals surface area (Å²) in [5, 5.41) is 34.0. The molecule has 0 aliphatic carbocycles. The van der Waals surface area contributed by atoms with Gasteiger partial charge in [-0.25, -0.2) is 18.4 Å². The van der Waals surface area contributed by atoms with Crippen molar-refractivity contribution in [3.05, 3.63) is 82.9 Å². The Balaban J connectivity index is 0.000000696. The third-order valence-corrected chi connectivity index (χ3v) is 6.32. The maximum atomic E-state index is 15.3. The number of carboxylic acids is 2. The van der Waals surface area contributed by atoms with Crippen molar-refractivity contribution in [2.75, 3.05) is 13.1 Å². The maximum absolute atomic E-state index is 15.3. The molecule has 0 aromatic heterocycles. The average molecular weight is 566 g/mol. The second kappa shape index (κ2) is 12.7. The molecule has 0 spiro atoms.